The van der Waals surface area contributed by atoms with Gasteiger partial charge in [-0.05, 0) is 62.7 Å². The van der Waals surface area contributed by atoms with Crippen LogP contribution in [0.2, 0.25) is 0 Å². The maximum absolute atomic E-state index is 14.3. The van der Waals surface area contributed by atoms with E-state index >= 15 is 0 Å². The average Bonchev–Trinajstić information content (AvgIpc) is 3.49. The molecule has 1 fully saturated rings. The number of halogens is 1. The minimum absolute atomic E-state index is 0.0464. The zero-order valence-corrected chi connectivity index (χ0v) is 24.2. The number of fused-ring (bicyclic) bond motifs is 1. The molecule has 0 saturated carbocycles. The van der Waals surface area contributed by atoms with Gasteiger partial charge in [-0.15, -0.1) is 0 Å². The summed E-state index contributed by atoms with van der Waals surface area (Å²) < 4.78 is 66.7. The van der Waals surface area contributed by atoms with Crippen molar-refractivity contribution >= 4 is 26.9 Å². The Morgan fingerprint density at radius 2 is 1.80 bits per heavy atom. The van der Waals surface area contributed by atoms with Gasteiger partial charge in [-0.2, -0.15) is 9.40 Å². The van der Waals surface area contributed by atoms with Crippen LogP contribution in [0, 0.1) is 5.82 Å². The summed E-state index contributed by atoms with van der Waals surface area (Å²) >= 11 is 0. The first kappa shape index (κ1) is 30.8. The third-order valence-corrected chi connectivity index (χ3v) is 8.60. The molecule has 11 nitrogen and oxygen atoms in total. The minimum Gasteiger partial charge on any atom is -0.491 e. The van der Waals surface area contributed by atoms with Gasteiger partial charge in [-0.25, -0.2) is 12.8 Å². The van der Waals surface area contributed by atoms with Crippen molar-refractivity contribution in [3.05, 3.63) is 54.0 Å². The molecule has 41 heavy (non-hydrogen) atoms. The Labute approximate surface area is 238 Å². The topological polar surface area (TPSA) is 129 Å². The molecule has 2 heterocycles. The second kappa shape index (κ2) is 13.7. The number of carbonyl (C=O) groups is 1. The first-order valence-electron chi connectivity index (χ1n) is 13.4. The Balaban J connectivity index is 1.61. The van der Waals surface area contributed by atoms with E-state index < -0.39 is 33.9 Å². The fourth-order valence-corrected chi connectivity index (χ4v) is 6.55. The molecule has 1 aromatic heterocycles. The van der Waals surface area contributed by atoms with Gasteiger partial charge in [0.15, 0.2) is 0 Å². The fraction of sp³-hybridized carbons (Fsp3) is 0.500. The average molecular weight is 594 g/mol. The number of carboxylic acid groups (broad SMARTS) is 1. The molecular weight excluding hydrogens is 557 g/mol. The highest BCUT2D eigenvalue weighted by Crippen LogP contribution is 2.35. The Bertz CT molecular complexity index is 1430. The predicted molar refractivity (Wildman–Crippen MR) is 148 cm³/mol. The summed E-state index contributed by atoms with van der Waals surface area (Å²) in [5.74, 6) is -1.01. The van der Waals surface area contributed by atoms with Crippen molar-refractivity contribution in [1.82, 2.24) is 14.1 Å². The lowest BCUT2D eigenvalue weighted by Gasteiger charge is -2.24. The maximum atomic E-state index is 14.3. The SMILES string of the molecule is COCCOCCOC[C@H]1C[C@@H](n2nc(CC(=O)O)c3ccc(F)cc32)CN1S(=O)(=O)c1ccc(OC(C)C)cc1. The van der Waals surface area contributed by atoms with Gasteiger partial charge in [0.25, 0.3) is 0 Å². The van der Waals surface area contributed by atoms with E-state index in [9.17, 15) is 22.7 Å². The normalized spacial score (nSPS) is 18.0. The van der Waals surface area contributed by atoms with E-state index in [-0.39, 0.29) is 42.9 Å². The molecule has 1 N–H and O–H groups in total. The molecule has 224 valence electrons. The molecule has 1 aliphatic rings. The van der Waals surface area contributed by atoms with Crippen molar-refractivity contribution in [1.29, 1.82) is 0 Å². The third kappa shape index (κ3) is 7.60. The van der Waals surface area contributed by atoms with Gasteiger partial charge in [0.05, 0.1) is 73.7 Å². The molecule has 2 atom stereocenters. The molecule has 13 heteroatoms. The number of ether oxygens (including phenoxy) is 4. The number of nitrogens with zero attached hydrogens (tertiary/aromatic N) is 3. The number of sulfonamides is 1. The molecule has 2 aromatic carbocycles. The molecule has 0 radical (unpaired) electrons. The summed E-state index contributed by atoms with van der Waals surface area (Å²) in [6, 6.07) is 9.26. The molecule has 1 aliphatic heterocycles. The number of aromatic nitrogens is 2. The van der Waals surface area contributed by atoms with Crippen molar-refractivity contribution in [2.45, 2.75) is 49.8 Å². The van der Waals surface area contributed by atoms with E-state index in [4.69, 9.17) is 18.9 Å². The molecule has 0 unspecified atom stereocenters. The van der Waals surface area contributed by atoms with Crippen LogP contribution >= 0.6 is 0 Å². The number of rotatable bonds is 15. The summed E-state index contributed by atoms with van der Waals surface area (Å²) in [5, 5.41) is 14.4. The number of methoxy groups -OCH3 is 1. The van der Waals surface area contributed by atoms with Gasteiger partial charge in [0, 0.05) is 19.0 Å². The summed E-state index contributed by atoms with van der Waals surface area (Å²) in [5.41, 5.74) is 0.697. The van der Waals surface area contributed by atoms with E-state index in [0.29, 0.717) is 42.9 Å². The predicted octanol–water partition coefficient (Wildman–Crippen LogP) is 3.27. The van der Waals surface area contributed by atoms with Crippen LogP contribution in [0.25, 0.3) is 10.9 Å². The molecule has 4 rings (SSSR count). The smallest absolute Gasteiger partial charge is 0.309 e. The van der Waals surface area contributed by atoms with Crippen LogP contribution in [-0.2, 0) is 35.4 Å². The lowest BCUT2D eigenvalue weighted by atomic mass is 10.1. The van der Waals surface area contributed by atoms with Crippen LogP contribution in [-0.4, -0.2) is 92.4 Å². The molecule has 0 amide bonds. The lowest BCUT2D eigenvalue weighted by Crippen LogP contribution is -2.38. The second-order valence-corrected chi connectivity index (χ2v) is 11.9. The highest BCUT2D eigenvalue weighted by molar-refractivity contribution is 7.89. The quantitative estimate of drug-likeness (QED) is 0.264. The maximum Gasteiger partial charge on any atom is 0.309 e. The number of hydrogen-bond donors (Lipinski definition) is 1. The molecule has 3 aromatic rings. The summed E-state index contributed by atoms with van der Waals surface area (Å²) in [4.78, 5) is 11.6. The van der Waals surface area contributed by atoms with Crippen molar-refractivity contribution in [2.75, 3.05) is 46.7 Å². The standard InChI is InChI=1S/C28H36FN3O8S/c1-19(2)40-23-5-7-24(8-6-23)41(35,36)31-17-21(15-22(31)18-39-13-12-38-11-10-37-3)32-27-14-20(29)4-9-25(27)26(30-32)16-28(33)34/h4-9,14,19,21-22H,10-13,15-18H2,1-3H3,(H,33,34)/t21-,22-/m1/s1. The van der Waals surface area contributed by atoms with Gasteiger partial charge in [0.1, 0.15) is 11.6 Å². The fourth-order valence-electron chi connectivity index (χ4n) is 4.89. The first-order chi connectivity index (χ1) is 19.6. The highest BCUT2D eigenvalue weighted by Gasteiger charge is 2.42. The summed E-state index contributed by atoms with van der Waals surface area (Å²) in [6.45, 7) is 5.38. The number of hydrogen-bond acceptors (Lipinski definition) is 8. The van der Waals surface area contributed by atoms with Gasteiger partial charge < -0.3 is 24.1 Å². The Kier molecular flexibility index (Phi) is 10.3. The molecule has 0 bridgehead atoms. The second-order valence-electron chi connectivity index (χ2n) is 10.1. The van der Waals surface area contributed by atoms with Crippen LogP contribution in [0.15, 0.2) is 47.4 Å². The van der Waals surface area contributed by atoms with Crippen molar-refractivity contribution < 1.29 is 41.7 Å². The van der Waals surface area contributed by atoms with Crippen molar-refractivity contribution in [3.8, 4) is 5.75 Å². The number of aliphatic carboxylic acids is 1. The monoisotopic (exact) mass is 593 g/mol. The Morgan fingerprint density at radius 3 is 2.49 bits per heavy atom. The van der Waals surface area contributed by atoms with E-state index in [0.717, 1.165) is 0 Å². The van der Waals surface area contributed by atoms with E-state index in [1.807, 2.05) is 13.8 Å². The molecule has 0 spiro atoms. The van der Waals surface area contributed by atoms with Gasteiger partial charge in [-0.1, -0.05) is 0 Å². The van der Waals surface area contributed by atoms with Gasteiger partial charge in [-0.3, -0.25) is 9.48 Å². The first-order valence-corrected chi connectivity index (χ1v) is 14.9. The molecule has 0 aliphatic carbocycles. The largest absolute Gasteiger partial charge is 0.491 e. The van der Waals surface area contributed by atoms with Crippen LogP contribution in [0.1, 0.15) is 32.0 Å². The third-order valence-electron chi connectivity index (χ3n) is 6.67. The zero-order valence-electron chi connectivity index (χ0n) is 23.4. The van der Waals surface area contributed by atoms with Crippen LogP contribution in [0.4, 0.5) is 4.39 Å². The highest BCUT2D eigenvalue weighted by atomic mass is 32.2. The van der Waals surface area contributed by atoms with Crippen molar-refractivity contribution in [3.63, 3.8) is 0 Å². The Morgan fingerprint density at radius 1 is 1.10 bits per heavy atom. The van der Waals surface area contributed by atoms with E-state index in [1.165, 1.54) is 34.6 Å². The minimum atomic E-state index is -3.96. The van der Waals surface area contributed by atoms with E-state index in [1.54, 1.807) is 23.9 Å². The van der Waals surface area contributed by atoms with Crippen LogP contribution < -0.4 is 4.74 Å². The zero-order chi connectivity index (χ0) is 29.6. The molecular formula is C28H36FN3O8S. The van der Waals surface area contributed by atoms with Gasteiger partial charge in [0.2, 0.25) is 10.0 Å². The summed E-state index contributed by atoms with van der Waals surface area (Å²) in [7, 11) is -2.38. The van der Waals surface area contributed by atoms with Crippen LogP contribution in [0.3, 0.4) is 0 Å². The number of carboxylic acids is 1. The Hall–Kier alpha value is -3.10. The lowest BCUT2D eigenvalue weighted by molar-refractivity contribution is -0.136. The van der Waals surface area contributed by atoms with E-state index in [2.05, 4.69) is 5.10 Å². The van der Waals surface area contributed by atoms with Crippen LogP contribution in [0.5, 0.6) is 5.75 Å². The molecule has 1 saturated heterocycles. The van der Waals surface area contributed by atoms with Crippen molar-refractivity contribution in [2.24, 2.45) is 0 Å². The number of benzene rings is 2. The van der Waals surface area contributed by atoms with Gasteiger partial charge >= 0.3 is 5.97 Å². The summed E-state index contributed by atoms with van der Waals surface area (Å²) in [6.07, 6.45) is -0.0703.